The van der Waals surface area contributed by atoms with Gasteiger partial charge in [0.2, 0.25) is 0 Å². The predicted octanol–water partition coefficient (Wildman–Crippen LogP) is 4.05. The Kier molecular flexibility index (Phi) is 9.14. The Morgan fingerprint density at radius 2 is 2.00 bits per heavy atom. The van der Waals surface area contributed by atoms with E-state index >= 15 is 0 Å². The maximum Gasteiger partial charge on any atom is 0.417 e. The van der Waals surface area contributed by atoms with Crippen LogP contribution in [0.3, 0.4) is 0 Å². The molecule has 0 radical (unpaired) electrons. The Labute approximate surface area is 136 Å². The highest BCUT2D eigenvalue weighted by atomic mass is 35.5. The average Bonchev–Trinajstić information content (AvgIpc) is 2.36. The van der Waals surface area contributed by atoms with Gasteiger partial charge < -0.3 is 4.84 Å². The first-order valence-electron chi connectivity index (χ1n) is 5.42. The number of rotatable bonds is 4. The Morgan fingerprint density at radius 1 is 1.45 bits per heavy atom. The summed E-state index contributed by atoms with van der Waals surface area (Å²) in [6.07, 6.45) is -2.65. The van der Waals surface area contributed by atoms with Crippen molar-refractivity contribution in [2.75, 3.05) is 12.2 Å². The van der Waals surface area contributed by atoms with Gasteiger partial charge in [-0.15, -0.1) is 11.8 Å². The molecule has 1 N–H and O–H groups in total. The molecule has 0 bridgehead atoms. The number of nitrogens with one attached hydrogen (secondary N) is 1. The van der Waals surface area contributed by atoms with Crippen LogP contribution in [0, 0.1) is 4.78 Å². The maximum atomic E-state index is 12.8. The summed E-state index contributed by atoms with van der Waals surface area (Å²) in [5.41, 5.74) is -0.712. The van der Waals surface area contributed by atoms with Crippen molar-refractivity contribution in [3.05, 3.63) is 34.3 Å². The first kappa shape index (κ1) is 20.7. The van der Waals surface area contributed by atoms with Gasteiger partial charge >= 0.3 is 16.7 Å². The van der Waals surface area contributed by atoms with Crippen LogP contribution in [-0.2, 0) is 21.5 Å². The molecule has 0 spiro atoms. The normalized spacial score (nSPS) is 11.5. The number of alkyl halides is 3. The molecule has 0 saturated heterocycles. The summed E-state index contributed by atoms with van der Waals surface area (Å²) < 4.78 is 61.2. The van der Waals surface area contributed by atoms with Crippen LogP contribution in [0.15, 0.2) is 23.4 Å². The second kappa shape index (κ2) is 9.70. The highest BCUT2D eigenvalue weighted by molar-refractivity contribution is 7.98. The lowest BCUT2D eigenvalue weighted by Crippen LogP contribution is -2.12. The van der Waals surface area contributed by atoms with Crippen LogP contribution in [0.5, 0.6) is 0 Å². The minimum Gasteiger partial charge on any atom is -0.385 e. The van der Waals surface area contributed by atoms with Crippen molar-refractivity contribution in [3.63, 3.8) is 0 Å². The smallest absolute Gasteiger partial charge is 0.385 e. The molecule has 11 heteroatoms. The highest BCUT2D eigenvalue weighted by Crippen LogP contribution is 2.33. The molecule has 0 amide bonds. The fourth-order valence-corrected chi connectivity index (χ4v) is 1.62. The van der Waals surface area contributed by atoms with Gasteiger partial charge in [-0.05, 0) is 31.4 Å². The second-order valence-electron chi connectivity index (χ2n) is 3.63. The SMILES string of the molecule is CSCO/N=C(\C)c1cc(Cl)ccc1C(F)(F)F.N=S(=O)=O. The van der Waals surface area contributed by atoms with E-state index in [1.54, 1.807) is 6.26 Å². The van der Waals surface area contributed by atoms with Crippen molar-refractivity contribution in [1.29, 1.82) is 4.78 Å². The minimum atomic E-state index is -4.45. The van der Waals surface area contributed by atoms with Gasteiger partial charge in [-0.3, -0.25) is 0 Å². The summed E-state index contributed by atoms with van der Waals surface area (Å²) in [7, 11) is -2.61. The van der Waals surface area contributed by atoms with E-state index in [0.717, 1.165) is 6.07 Å². The molecule has 1 aromatic carbocycles. The molecule has 1 aromatic rings. The Morgan fingerprint density at radius 3 is 2.45 bits per heavy atom. The van der Waals surface area contributed by atoms with Gasteiger partial charge in [0.25, 0.3) is 0 Å². The molecule has 0 saturated carbocycles. The van der Waals surface area contributed by atoms with Crippen LogP contribution in [0.2, 0.25) is 5.02 Å². The van der Waals surface area contributed by atoms with Gasteiger partial charge in [-0.25, -0.2) is 0 Å². The molecular formula is C11H12ClF3N2O3S2. The third-order valence-electron chi connectivity index (χ3n) is 2.05. The van der Waals surface area contributed by atoms with Crippen molar-refractivity contribution in [3.8, 4) is 0 Å². The number of oxime groups is 1. The topological polar surface area (TPSA) is 79.6 Å². The standard InChI is InChI=1S/C11H11ClF3NOS.HNO2S/c1-7(16-17-6-18-2)9-5-8(12)3-4-10(9)11(13,14)15;1-4(2)3/h3-5H,6H2,1-2H3;1H/b16-7+;. The largest absolute Gasteiger partial charge is 0.417 e. The van der Waals surface area contributed by atoms with Crippen molar-refractivity contribution < 1.29 is 26.4 Å². The van der Waals surface area contributed by atoms with E-state index in [4.69, 9.17) is 29.6 Å². The third kappa shape index (κ3) is 8.25. The number of hydrogen-bond acceptors (Lipinski definition) is 6. The molecule has 0 unspecified atom stereocenters. The second-order valence-corrected chi connectivity index (χ2v) is 5.35. The first-order valence-corrected chi connectivity index (χ1v) is 8.27. The van der Waals surface area contributed by atoms with Crippen LogP contribution in [0.25, 0.3) is 0 Å². The predicted molar refractivity (Wildman–Crippen MR) is 79.8 cm³/mol. The first-order chi connectivity index (χ1) is 10.1. The molecule has 5 nitrogen and oxygen atoms in total. The minimum absolute atomic E-state index is 0.0731. The lowest BCUT2D eigenvalue weighted by Gasteiger charge is -2.12. The van der Waals surface area contributed by atoms with Crippen molar-refractivity contribution >= 4 is 39.6 Å². The summed E-state index contributed by atoms with van der Waals surface area (Å²) >= 11 is 7.08. The van der Waals surface area contributed by atoms with Gasteiger partial charge in [0, 0.05) is 10.6 Å². The molecule has 0 aliphatic carbocycles. The molecule has 0 aromatic heterocycles. The average molecular weight is 377 g/mol. The van der Waals surface area contributed by atoms with Gasteiger partial charge in [0.15, 0.2) is 5.94 Å². The van der Waals surface area contributed by atoms with E-state index in [0.29, 0.717) is 0 Å². The van der Waals surface area contributed by atoms with Gasteiger partial charge in [0.1, 0.15) is 0 Å². The number of thioether (sulfide) groups is 1. The molecule has 0 aliphatic heterocycles. The third-order valence-corrected chi connectivity index (χ3v) is 2.63. The van der Waals surface area contributed by atoms with Gasteiger partial charge in [0.05, 0.1) is 11.3 Å². The van der Waals surface area contributed by atoms with Crippen LogP contribution < -0.4 is 0 Å². The van der Waals surface area contributed by atoms with Crippen LogP contribution >= 0.6 is 23.4 Å². The summed E-state index contributed by atoms with van der Waals surface area (Å²) in [4.78, 5) is 4.85. The van der Waals surface area contributed by atoms with E-state index in [9.17, 15) is 13.2 Å². The van der Waals surface area contributed by atoms with E-state index in [1.807, 2.05) is 0 Å². The maximum absolute atomic E-state index is 12.8. The number of halogens is 4. The Hall–Kier alpha value is -1.26. The van der Waals surface area contributed by atoms with Crippen LogP contribution in [0.4, 0.5) is 13.2 Å². The zero-order valence-corrected chi connectivity index (χ0v) is 13.8. The number of nitrogens with zero attached hydrogens (tertiary/aromatic N) is 1. The lowest BCUT2D eigenvalue weighted by atomic mass is 10.0. The number of hydrogen-bond donors (Lipinski definition) is 1. The summed E-state index contributed by atoms with van der Waals surface area (Å²) in [5.74, 6) is 0.277. The van der Waals surface area contributed by atoms with E-state index in [2.05, 4.69) is 5.16 Å². The highest BCUT2D eigenvalue weighted by Gasteiger charge is 2.34. The van der Waals surface area contributed by atoms with Crippen molar-refractivity contribution in [1.82, 2.24) is 0 Å². The quantitative estimate of drug-likeness (QED) is 0.372. The van der Waals surface area contributed by atoms with Crippen LogP contribution in [0.1, 0.15) is 18.1 Å². The van der Waals surface area contributed by atoms with Crippen molar-refractivity contribution in [2.45, 2.75) is 13.1 Å². The molecule has 124 valence electrons. The summed E-state index contributed by atoms with van der Waals surface area (Å²) in [5, 5.41) is 3.86. The molecular weight excluding hydrogens is 365 g/mol. The van der Waals surface area contributed by atoms with E-state index in [-0.39, 0.29) is 22.2 Å². The van der Waals surface area contributed by atoms with E-state index < -0.39 is 22.2 Å². The summed E-state index contributed by atoms with van der Waals surface area (Å²) in [6.45, 7) is 1.45. The molecule has 0 heterocycles. The molecule has 1 rings (SSSR count). The summed E-state index contributed by atoms with van der Waals surface area (Å²) in [6, 6.07) is 3.36. The van der Waals surface area contributed by atoms with Crippen LogP contribution in [-0.4, -0.2) is 26.3 Å². The van der Waals surface area contributed by atoms with E-state index in [1.165, 1.54) is 30.8 Å². The van der Waals surface area contributed by atoms with Gasteiger partial charge in [-0.1, -0.05) is 16.8 Å². The molecule has 0 aliphatic rings. The Balaban J connectivity index is 0.000000980. The lowest BCUT2D eigenvalue weighted by molar-refractivity contribution is -0.137. The molecule has 22 heavy (non-hydrogen) atoms. The Bertz CT molecular complexity index is 627. The van der Waals surface area contributed by atoms with Crippen molar-refractivity contribution in [2.24, 2.45) is 5.16 Å². The molecule has 0 atom stereocenters. The van der Waals surface area contributed by atoms with Gasteiger partial charge in [-0.2, -0.15) is 26.4 Å². The molecule has 0 fully saturated rings. The fraction of sp³-hybridized carbons (Fsp3) is 0.364. The number of benzene rings is 1. The fourth-order valence-electron chi connectivity index (χ4n) is 1.29. The monoisotopic (exact) mass is 376 g/mol. The zero-order valence-electron chi connectivity index (χ0n) is 11.4. The zero-order chi connectivity index (χ0) is 17.3.